The first-order valence-electron chi connectivity index (χ1n) is 7.14. The third kappa shape index (κ3) is 3.41. The SMILES string of the molecule is Cc1ccc(C2CC(=O)NC(Nc3ccccc3)N2)cc1. The molecule has 0 radical (unpaired) electrons. The number of aryl methyl sites for hydroxylation is 1. The summed E-state index contributed by atoms with van der Waals surface area (Å²) in [5, 5.41) is 9.62. The van der Waals surface area contributed by atoms with Gasteiger partial charge in [0.15, 0.2) is 6.29 Å². The maximum atomic E-state index is 11.9. The first-order valence-corrected chi connectivity index (χ1v) is 7.14. The van der Waals surface area contributed by atoms with Crippen molar-refractivity contribution in [2.24, 2.45) is 0 Å². The molecule has 0 bridgehead atoms. The molecule has 4 heteroatoms. The Morgan fingerprint density at radius 1 is 1.05 bits per heavy atom. The Morgan fingerprint density at radius 3 is 2.48 bits per heavy atom. The Hall–Kier alpha value is -2.33. The van der Waals surface area contributed by atoms with Crippen molar-refractivity contribution < 1.29 is 4.79 Å². The highest BCUT2D eigenvalue weighted by atomic mass is 16.2. The second kappa shape index (κ2) is 5.97. The van der Waals surface area contributed by atoms with Crippen LogP contribution >= 0.6 is 0 Å². The summed E-state index contributed by atoms with van der Waals surface area (Å²) in [6.07, 6.45) is 0.190. The van der Waals surface area contributed by atoms with Gasteiger partial charge in [-0.15, -0.1) is 0 Å². The van der Waals surface area contributed by atoms with Gasteiger partial charge in [-0.3, -0.25) is 10.1 Å². The Balaban J connectivity index is 1.72. The molecule has 2 aromatic carbocycles. The van der Waals surface area contributed by atoms with Crippen LogP contribution in [-0.2, 0) is 4.79 Å². The molecule has 1 fully saturated rings. The Labute approximate surface area is 124 Å². The Bertz CT molecular complexity index is 610. The van der Waals surface area contributed by atoms with Gasteiger partial charge in [0.05, 0.1) is 0 Å². The van der Waals surface area contributed by atoms with E-state index < -0.39 is 0 Å². The third-order valence-electron chi connectivity index (χ3n) is 3.63. The minimum Gasteiger partial charge on any atom is -0.353 e. The molecule has 2 unspecified atom stereocenters. The fourth-order valence-corrected chi connectivity index (χ4v) is 2.50. The molecule has 0 spiro atoms. The molecule has 2 aromatic rings. The highest BCUT2D eigenvalue weighted by molar-refractivity contribution is 5.78. The van der Waals surface area contributed by atoms with Gasteiger partial charge in [-0.25, -0.2) is 0 Å². The molecule has 1 heterocycles. The van der Waals surface area contributed by atoms with Crippen LogP contribution in [0.5, 0.6) is 0 Å². The maximum absolute atomic E-state index is 11.9. The summed E-state index contributed by atoms with van der Waals surface area (Å²) in [4.78, 5) is 11.9. The molecule has 1 aliphatic heterocycles. The van der Waals surface area contributed by atoms with E-state index >= 15 is 0 Å². The van der Waals surface area contributed by atoms with E-state index in [0.29, 0.717) is 6.42 Å². The summed E-state index contributed by atoms with van der Waals surface area (Å²) in [6.45, 7) is 2.06. The lowest BCUT2D eigenvalue weighted by Gasteiger charge is -2.32. The van der Waals surface area contributed by atoms with E-state index in [4.69, 9.17) is 0 Å². The average molecular weight is 281 g/mol. The summed E-state index contributed by atoms with van der Waals surface area (Å²) >= 11 is 0. The van der Waals surface area contributed by atoms with Gasteiger partial charge in [-0.1, -0.05) is 48.0 Å². The number of para-hydroxylation sites is 1. The van der Waals surface area contributed by atoms with Gasteiger partial charge in [-0.05, 0) is 24.6 Å². The standard InChI is InChI=1S/C17H19N3O/c1-12-7-9-13(10-8-12)15-11-16(21)20-17(19-15)18-14-5-3-2-4-6-14/h2-10,15,17-19H,11H2,1H3,(H,20,21). The normalized spacial score (nSPS) is 21.7. The van der Waals surface area contributed by atoms with Crippen LogP contribution in [0, 0.1) is 6.92 Å². The Morgan fingerprint density at radius 2 is 1.76 bits per heavy atom. The molecule has 0 saturated carbocycles. The van der Waals surface area contributed by atoms with Crippen molar-refractivity contribution in [1.29, 1.82) is 0 Å². The zero-order chi connectivity index (χ0) is 14.7. The predicted octanol–water partition coefficient (Wildman–Crippen LogP) is 2.54. The number of carbonyl (C=O) groups is 1. The van der Waals surface area contributed by atoms with Gasteiger partial charge in [0.1, 0.15) is 0 Å². The fourth-order valence-electron chi connectivity index (χ4n) is 2.50. The van der Waals surface area contributed by atoms with Crippen molar-refractivity contribution in [2.75, 3.05) is 5.32 Å². The van der Waals surface area contributed by atoms with Gasteiger partial charge in [0.2, 0.25) is 5.91 Å². The van der Waals surface area contributed by atoms with Gasteiger partial charge in [0.25, 0.3) is 0 Å². The first kappa shape index (κ1) is 13.6. The van der Waals surface area contributed by atoms with E-state index in [2.05, 4.69) is 47.1 Å². The smallest absolute Gasteiger partial charge is 0.224 e. The second-order valence-electron chi connectivity index (χ2n) is 5.34. The zero-order valence-electron chi connectivity index (χ0n) is 12.0. The van der Waals surface area contributed by atoms with Crippen molar-refractivity contribution in [1.82, 2.24) is 10.6 Å². The topological polar surface area (TPSA) is 53.2 Å². The molecular weight excluding hydrogens is 262 g/mol. The highest BCUT2D eigenvalue weighted by Gasteiger charge is 2.26. The number of amides is 1. The number of benzene rings is 2. The molecule has 1 amide bonds. The van der Waals surface area contributed by atoms with Crippen LogP contribution in [0.3, 0.4) is 0 Å². The average Bonchev–Trinajstić information content (AvgIpc) is 2.48. The van der Waals surface area contributed by atoms with Gasteiger partial charge < -0.3 is 10.6 Å². The van der Waals surface area contributed by atoms with Gasteiger partial charge >= 0.3 is 0 Å². The summed E-state index contributed by atoms with van der Waals surface area (Å²) in [5.41, 5.74) is 3.33. The lowest BCUT2D eigenvalue weighted by Crippen LogP contribution is -2.56. The monoisotopic (exact) mass is 281 g/mol. The van der Waals surface area contributed by atoms with Crippen LogP contribution in [0.25, 0.3) is 0 Å². The van der Waals surface area contributed by atoms with Crippen LogP contribution in [0.1, 0.15) is 23.6 Å². The maximum Gasteiger partial charge on any atom is 0.224 e. The minimum absolute atomic E-state index is 0.0283. The first-order chi connectivity index (χ1) is 10.2. The molecular formula is C17H19N3O. The van der Waals surface area contributed by atoms with E-state index in [1.807, 2.05) is 30.3 Å². The molecule has 0 aromatic heterocycles. The largest absolute Gasteiger partial charge is 0.353 e. The van der Waals surface area contributed by atoms with Gasteiger partial charge in [-0.2, -0.15) is 0 Å². The number of nitrogens with one attached hydrogen (secondary N) is 3. The molecule has 0 aliphatic carbocycles. The van der Waals surface area contributed by atoms with Crippen LogP contribution in [-0.4, -0.2) is 12.2 Å². The number of hydrogen-bond acceptors (Lipinski definition) is 3. The van der Waals surface area contributed by atoms with Crippen LogP contribution in [0.4, 0.5) is 5.69 Å². The summed E-state index contributed by atoms with van der Waals surface area (Å²) in [6, 6.07) is 18.2. The lowest BCUT2D eigenvalue weighted by molar-refractivity contribution is -0.124. The minimum atomic E-state index is -0.264. The Kier molecular flexibility index (Phi) is 3.88. The number of rotatable bonds is 3. The molecule has 3 N–H and O–H groups in total. The summed E-state index contributed by atoms with van der Waals surface area (Å²) in [5.74, 6) is 0.0488. The quantitative estimate of drug-likeness (QED) is 0.810. The summed E-state index contributed by atoms with van der Waals surface area (Å²) < 4.78 is 0. The molecule has 21 heavy (non-hydrogen) atoms. The predicted molar refractivity (Wildman–Crippen MR) is 83.7 cm³/mol. The van der Waals surface area contributed by atoms with Gasteiger partial charge in [0, 0.05) is 18.2 Å². The van der Waals surface area contributed by atoms with Crippen molar-refractivity contribution in [3.8, 4) is 0 Å². The highest BCUT2D eigenvalue weighted by Crippen LogP contribution is 2.21. The molecule has 108 valence electrons. The van der Waals surface area contributed by atoms with E-state index in [9.17, 15) is 4.79 Å². The number of hydrogen-bond donors (Lipinski definition) is 3. The summed E-state index contributed by atoms with van der Waals surface area (Å²) in [7, 11) is 0. The van der Waals surface area contributed by atoms with Crippen molar-refractivity contribution >= 4 is 11.6 Å². The van der Waals surface area contributed by atoms with E-state index in [0.717, 1.165) is 11.3 Å². The van der Waals surface area contributed by atoms with E-state index in [-0.39, 0.29) is 18.2 Å². The zero-order valence-corrected chi connectivity index (χ0v) is 12.0. The molecule has 4 nitrogen and oxygen atoms in total. The third-order valence-corrected chi connectivity index (χ3v) is 3.63. The molecule has 1 aliphatic rings. The fraction of sp³-hybridized carbons (Fsp3) is 0.235. The van der Waals surface area contributed by atoms with Crippen LogP contribution in [0.15, 0.2) is 54.6 Å². The van der Waals surface area contributed by atoms with Crippen LogP contribution < -0.4 is 16.0 Å². The molecule has 1 saturated heterocycles. The molecule has 2 atom stereocenters. The molecule has 3 rings (SSSR count). The van der Waals surface area contributed by atoms with Crippen molar-refractivity contribution in [2.45, 2.75) is 25.7 Å². The lowest BCUT2D eigenvalue weighted by atomic mass is 10.0. The van der Waals surface area contributed by atoms with E-state index in [1.165, 1.54) is 5.56 Å². The van der Waals surface area contributed by atoms with Crippen molar-refractivity contribution in [3.05, 3.63) is 65.7 Å². The van der Waals surface area contributed by atoms with E-state index in [1.54, 1.807) is 0 Å². The number of carbonyl (C=O) groups excluding carboxylic acids is 1. The second-order valence-corrected chi connectivity index (χ2v) is 5.34. The number of anilines is 1. The van der Waals surface area contributed by atoms with Crippen LogP contribution in [0.2, 0.25) is 0 Å². The van der Waals surface area contributed by atoms with Crippen molar-refractivity contribution in [3.63, 3.8) is 0 Å².